The minimum Gasteiger partial charge on any atom is -0.402 e. The van der Waals surface area contributed by atoms with Crippen LogP contribution in [0, 0.1) is 5.92 Å². The molecule has 1 heteroatoms. The van der Waals surface area contributed by atoms with Crippen LogP contribution in [0.2, 0.25) is 0 Å². The van der Waals surface area contributed by atoms with E-state index in [-0.39, 0.29) is 0 Å². The van der Waals surface area contributed by atoms with Gasteiger partial charge in [0.1, 0.15) is 0 Å². The van der Waals surface area contributed by atoms with Crippen LogP contribution in [0.5, 0.6) is 0 Å². The van der Waals surface area contributed by atoms with Crippen LogP contribution in [-0.2, 0) is 0 Å². The van der Waals surface area contributed by atoms with Crippen LogP contribution in [0.1, 0.15) is 33.1 Å². The van der Waals surface area contributed by atoms with E-state index in [1.807, 2.05) is 6.08 Å². The Morgan fingerprint density at radius 3 is 2.64 bits per heavy atom. The van der Waals surface area contributed by atoms with E-state index in [9.17, 15) is 0 Å². The molecule has 2 N–H and O–H groups in total. The maximum atomic E-state index is 5.66. The molecule has 0 aliphatic carbocycles. The van der Waals surface area contributed by atoms with Crippen LogP contribution in [0.4, 0.5) is 0 Å². The third kappa shape index (κ3) is 7.17. The second kappa shape index (κ2) is 6.02. The highest BCUT2D eigenvalue weighted by Crippen LogP contribution is 2.05. The molecule has 0 aromatic carbocycles. The van der Waals surface area contributed by atoms with E-state index in [1.165, 1.54) is 6.42 Å². The molecule has 0 aliphatic heterocycles. The highest BCUT2D eigenvalue weighted by Gasteiger charge is 1.91. The van der Waals surface area contributed by atoms with E-state index in [0.717, 1.165) is 24.5 Å². The summed E-state index contributed by atoms with van der Waals surface area (Å²) < 4.78 is 0. The standard InChI is InChI=1S/C10H19N/c1-4-6-10(11)8-5-7-9(2)3/h4,8-9H,1,5-7,11H2,2-3H3/b10-8+. The predicted molar refractivity (Wildman–Crippen MR) is 51.2 cm³/mol. The largest absolute Gasteiger partial charge is 0.402 e. The van der Waals surface area contributed by atoms with Crippen LogP contribution in [0.25, 0.3) is 0 Å². The maximum Gasteiger partial charge on any atom is 0.00781 e. The zero-order valence-corrected chi connectivity index (χ0v) is 7.64. The molecule has 64 valence electrons. The van der Waals surface area contributed by atoms with Gasteiger partial charge in [0, 0.05) is 12.1 Å². The molecule has 0 radical (unpaired) electrons. The molecule has 0 amide bonds. The summed E-state index contributed by atoms with van der Waals surface area (Å²) in [6, 6.07) is 0. The summed E-state index contributed by atoms with van der Waals surface area (Å²) in [4.78, 5) is 0. The molecule has 0 atom stereocenters. The van der Waals surface area contributed by atoms with Crippen LogP contribution in [0.3, 0.4) is 0 Å². The van der Waals surface area contributed by atoms with E-state index in [4.69, 9.17) is 5.73 Å². The molecule has 0 spiro atoms. The van der Waals surface area contributed by atoms with Crippen molar-refractivity contribution in [2.75, 3.05) is 0 Å². The molecule has 0 bridgehead atoms. The Morgan fingerprint density at radius 1 is 1.55 bits per heavy atom. The molecule has 0 aromatic rings. The minimum atomic E-state index is 0.766. The van der Waals surface area contributed by atoms with Crippen LogP contribution >= 0.6 is 0 Å². The van der Waals surface area contributed by atoms with Gasteiger partial charge in [0.15, 0.2) is 0 Å². The van der Waals surface area contributed by atoms with Gasteiger partial charge in [-0.2, -0.15) is 0 Å². The summed E-state index contributed by atoms with van der Waals surface area (Å²) in [6.45, 7) is 8.06. The summed E-state index contributed by atoms with van der Waals surface area (Å²) in [7, 11) is 0. The van der Waals surface area contributed by atoms with Gasteiger partial charge in [-0.3, -0.25) is 0 Å². The zero-order chi connectivity index (χ0) is 8.69. The fourth-order valence-electron chi connectivity index (χ4n) is 0.852. The fraction of sp³-hybridized carbons (Fsp3) is 0.600. The van der Waals surface area contributed by atoms with Gasteiger partial charge in [-0.15, -0.1) is 6.58 Å². The number of nitrogens with two attached hydrogens (primary N) is 1. The lowest BCUT2D eigenvalue weighted by atomic mass is 10.1. The third-order valence-electron chi connectivity index (χ3n) is 1.53. The molecule has 0 aromatic heterocycles. The lowest BCUT2D eigenvalue weighted by Gasteiger charge is -2.00. The van der Waals surface area contributed by atoms with Crippen LogP contribution in [-0.4, -0.2) is 0 Å². The Morgan fingerprint density at radius 2 is 2.18 bits per heavy atom. The monoisotopic (exact) mass is 153 g/mol. The van der Waals surface area contributed by atoms with E-state index in [1.54, 1.807) is 0 Å². The average molecular weight is 153 g/mol. The van der Waals surface area contributed by atoms with Crippen molar-refractivity contribution in [1.29, 1.82) is 0 Å². The Labute approximate surface area is 70.0 Å². The summed E-state index contributed by atoms with van der Waals surface area (Å²) in [5.41, 5.74) is 6.61. The van der Waals surface area contributed by atoms with Crippen molar-refractivity contribution in [3.05, 3.63) is 24.4 Å². The number of hydrogen-bond donors (Lipinski definition) is 1. The number of rotatable bonds is 5. The van der Waals surface area contributed by atoms with Crippen molar-refractivity contribution in [2.45, 2.75) is 33.1 Å². The Bertz CT molecular complexity index is 134. The lowest BCUT2D eigenvalue weighted by molar-refractivity contribution is 0.593. The Hall–Kier alpha value is -0.720. The van der Waals surface area contributed by atoms with Crippen molar-refractivity contribution in [3.63, 3.8) is 0 Å². The first-order valence-corrected chi connectivity index (χ1v) is 4.22. The second-order valence-corrected chi connectivity index (χ2v) is 3.24. The topological polar surface area (TPSA) is 26.0 Å². The van der Waals surface area contributed by atoms with Crippen LogP contribution in [0.15, 0.2) is 24.4 Å². The van der Waals surface area contributed by atoms with E-state index in [2.05, 4.69) is 26.5 Å². The molecule has 1 nitrogen and oxygen atoms in total. The van der Waals surface area contributed by atoms with Gasteiger partial charge in [0.05, 0.1) is 0 Å². The second-order valence-electron chi connectivity index (χ2n) is 3.24. The first-order chi connectivity index (χ1) is 5.16. The molecular weight excluding hydrogens is 134 g/mol. The van der Waals surface area contributed by atoms with E-state index in [0.29, 0.717) is 0 Å². The summed E-state index contributed by atoms with van der Waals surface area (Å²) in [5.74, 6) is 0.766. The Balaban J connectivity index is 3.47. The van der Waals surface area contributed by atoms with Gasteiger partial charge >= 0.3 is 0 Å². The van der Waals surface area contributed by atoms with Gasteiger partial charge in [-0.1, -0.05) is 26.0 Å². The summed E-state index contributed by atoms with van der Waals surface area (Å²) >= 11 is 0. The van der Waals surface area contributed by atoms with Gasteiger partial charge in [-0.05, 0) is 18.8 Å². The third-order valence-corrected chi connectivity index (χ3v) is 1.53. The average Bonchev–Trinajstić information content (AvgIpc) is 1.87. The summed E-state index contributed by atoms with van der Waals surface area (Å²) in [6.07, 6.45) is 7.07. The first-order valence-electron chi connectivity index (χ1n) is 4.22. The highest BCUT2D eigenvalue weighted by atomic mass is 14.6. The van der Waals surface area contributed by atoms with Gasteiger partial charge in [0.25, 0.3) is 0 Å². The zero-order valence-electron chi connectivity index (χ0n) is 7.64. The SMILES string of the molecule is C=CC/C(N)=C\CCC(C)C. The molecule has 0 rings (SSSR count). The number of allylic oxidation sites excluding steroid dienone is 2. The predicted octanol–water partition coefficient (Wildman–Crippen LogP) is 2.84. The van der Waals surface area contributed by atoms with Crippen molar-refractivity contribution in [2.24, 2.45) is 11.7 Å². The maximum absolute atomic E-state index is 5.66. The van der Waals surface area contributed by atoms with Gasteiger partial charge in [-0.25, -0.2) is 0 Å². The van der Waals surface area contributed by atoms with Crippen molar-refractivity contribution >= 4 is 0 Å². The summed E-state index contributed by atoms with van der Waals surface area (Å²) in [5, 5.41) is 0. The Kier molecular flexibility index (Phi) is 5.63. The minimum absolute atomic E-state index is 0.766. The van der Waals surface area contributed by atoms with Crippen LogP contribution < -0.4 is 5.73 Å². The van der Waals surface area contributed by atoms with Crippen molar-refractivity contribution in [3.8, 4) is 0 Å². The molecule has 0 saturated heterocycles. The molecule has 0 fully saturated rings. The normalized spacial score (nSPS) is 12.1. The lowest BCUT2D eigenvalue weighted by Crippen LogP contribution is -1.95. The molecule has 11 heavy (non-hydrogen) atoms. The fourth-order valence-corrected chi connectivity index (χ4v) is 0.852. The highest BCUT2D eigenvalue weighted by molar-refractivity contribution is 5.00. The molecule has 0 aliphatic rings. The van der Waals surface area contributed by atoms with Gasteiger partial charge in [0.2, 0.25) is 0 Å². The van der Waals surface area contributed by atoms with Crippen molar-refractivity contribution in [1.82, 2.24) is 0 Å². The van der Waals surface area contributed by atoms with Gasteiger partial charge < -0.3 is 5.73 Å². The molecular formula is C10H19N. The number of hydrogen-bond acceptors (Lipinski definition) is 1. The first kappa shape index (κ1) is 10.3. The quantitative estimate of drug-likeness (QED) is 0.604. The smallest absolute Gasteiger partial charge is 0.00781 e. The van der Waals surface area contributed by atoms with Crippen molar-refractivity contribution < 1.29 is 0 Å². The molecule has 0 saturated carbocycles. The molecule has 0 unspecified atom stereocenters. The molecule has 0 heterocycles. The van der Waals surface area contributed by atoms with E-state index >= 15 is 0 Å². The van der Waals surface area contributed by atoms with E-state index < -0.39 is 0 Å².